The number of hydrogen-bond acceptors (Lipinski definition) is 3. The van der Waals surface area contributed by atoms with Crippen LogP contribution in [0.3, 0.4) is 0 Å². The molecule has 1 saturated carbocycles. The Kier molecular flexibility index (Phi) is 4.60. The van der Waals surface area contributed by atoms with Gasteiger partial charge >= 0.3 is 0 Å². The molecule has 1 fully saturated rings. The first-order valence-corrected chi connectivity index (χ1v) is 9.30. The molecule has 0 unspecified atom stereocenters. The SMILES string of the molecule is COc1ccc(S(=O)(=O)NC2CC(c3ccccc3F)C2)c(C)c1. The minimum absolute atomic E-state index is 0.0656. The highest BCUT2D eigenvalue weighted by Crippen LogP contribution is 2.38. The Hall–Kier alpha value is -1.92. The van der Waals surface area contributed by atoms with Gasteiger partial charge in [-0.1, -0.05) is 18.2 Å². The fraction of sp³-hybridized carbons (Fsp3) is 0.333. The van der Waals surface area contributed by atoms with E-state index in [2.05, 4.69) is 4.72 Å². The molecule has 24 heavy (non-hydrogen) atoms. The van der Waals surface area contributed by atoms with Crippen molar-refractivity contribution >= 4 is 10.0 Å². The molecule has 4 nitrogen and oxygen atoms in total. The molecule has 0 aromatic heterocycles. The molecule has 0 saturated heterocycles. The average Bonchev–Trinajstić information content (AvgIpc) is 2.51. The molecular weight excluding hydrogens is 329 g/mol. The van der Waals surface area contributed by atoms with Crippen LogP contribution in [0, 0.1) is 12.7 Å². The third-order valence-electron chi connectivity index (χ3n) is 4.48. The van der Waals surface area contributed by atoms with Crippen LogP contribution in [-0.2, 0) is 10.0 Å². The number of halogens is 1. The van der Waals surface area contributed by atoms with Crippen LogP contribution < -0.4 is 9.46 Å². The van der Waals surface area contributed by atoms with E-state index in [0.29, 0.717) is 29.7 Å². The zero-order valence-corrected chi connectivity index (χ0v) is 14.4. The van der Waals surface area contributed by atoms with Crippen molar-refractivity contribution in [3.63, 3.8) is 0 Å². The Labute approximate surface area is 141 Å². The quantitative estimate of drug-likeness (QED) is 0.900. The number of ether oxygens (including phenoxy) is 1. The second-order valence-electron chi connectivity index (χ2n) is 6.14. The van der Waals surface area contributed by atoms with Crippen LogP contribution in [0.5, 0.6) is 5.75 Å². The summed E-state index contributed by atoms with van der Waals surface area (Å²) in [4.78, 5) is 0.248. The maximum Gasteiger partial charge on any atom is 0.241 e. The molecule has 0 bridgehead atoms. The highest BCUT2D eigenvalue weighted by molar-refractivity contribution is 7.89. The summed E-state index contributed by atoms with van der Waals surface area (Å²) in [6, 6.07) is 11.4. The Morgan fingerprint density at radius 3 is 2.50 bits per heavy atom. The van der Waals surface area contributed by atoms with Crippen molar-refractivity contribution in [1.82, 2.24) is 4.72 Å². The first-order valence-electron chi connectivity index (χ1n) is 7.82. The lowest BCUT2D eigenvalue weighted by Gasteiger charge is -2.36. The third-order valence-corrected chi connectivity index (χ3v) is 6.16. The van der Waals surface area contributed by atoms with Crippen LogP contribution in [0.4, 0.5) is 4.39 Å². The van der Waals surface area contributed by atoms with E-state index < -0.39 is 10.0 Å². The van der Waals surface area contributed by atoms with Gasteiger partial charge in [-0.2, -0.15) is 0 Å². The lowest BCUT2D eigenvalue weighted by molar-refractivity contribution is 0.319. The summed E-state index contributed by atoms with van der Waals surface area (Å²) in [6.45, 7) is 1.74. The van der Waals surface area contributed by atoms with Crippen molar-refractivity contribution in [3.8, 4) is 5.75 Å². The first kappa shape index (κ1) is 16.9. The van der Waals surface area contributed by atoms with Gasteiger partial charge < -0.3 is 4.74 Å². The van der Waals surface area contributed by atoms with E-state index in [1.807, 2.05) is 0 Å². The van der Waals surface area contributed by atoms with Gasteiger partial charge in [0.1, 0.15) is 11.6 Å². The van der Waals surface area contributed by atoms with Gasteiger partial charge in [0.2, 0.25) is 10.0 Å². The number of benzene rings is 2. The smallest absolute Gasteiger partial charge is 0.241 e. The second kappa shape index (κ2) is 6.53. The fourth-order valence-electron chi connectivity index (χ4n) is 3.11. The second-order valence-corrected chi connectivity index (χ2v) is 7.82. The Morgan fingerprint density at radius 1 is 1.17 bits per heavy atom. The molecule has 0 amide bonds. The van der Waals surface area contributed by atoms with Crippen molar-refractivity contribution in [2.75, 3.05) is 7.11 Å². The van der Waals surface area contributed by atoms with Gasteiger partial charge in [-0.15, -0.1) is 0 Å². The van der Waals surface area contributed by atoms with E-state index in [1.54, 1.807) is 50.4 Å². The summed E-state index contributed by atoms with van der Waals surface area (Å²) in [7, 11) is -2.05. The number of hydrogen-bond donors (Lipinski definition) is 1. The van der Waals surface area contributed by atoms with Gasteiger partial charge in [-0.3, -0.25) is 0 Å². The number of nitrogens with one attached hydrogen (secondary N) is 1. The summed E-state index contributed by atoms with van der Waals surface area (Å²) in [6.07, 6.45) is 1.21. The van der Waals surface area contributed by atoms with E-state index in [1.165, 1.54) is 6.07 Å². The monoisotopic (exact) mass is 349 g/mol. The van der Waals surface area contributed by atoms with Gasteiger partial charge in [0.05, 0.1) is 12.0 Å². The molecule has 1 N–H and O–H groups in total. The van der Waals surface area contributed by atoms with Crippen LogP contribution in [0.15, 0.2) is 47.4 Å². The fourth-order valence-corrected chi connectivity index (χ4v) is 4.60. The van der Waals surface area contributed by atoms with Gasteiger partial charge in [-0.25, -0.2) is 17.5 Å². The van der Waals surface area contributed by atoms with Crippen molar-refractivity contribution in [3.05, 3.63) is 59.4 Å². The van der Waals surface area contributed by atoms with Crippen LogP contribution in [0.2, 0.25) is 0 Å². The lowest BCUT2D eigenvalue weighted by atomic mass is 9.76. The molecule has 3 rings (SSSR count). The van der Waals surface area contributed by atoms with Crippen LogP contribution in [0.25, 0.3) is 0 Å². The van der Waals surface area contributed by atoms with Gasteiger partial charge in [0.25, 0.3) is 0 Å². The molecule has 2 aromatic carbocycles. The predicted octanol–water partition coefficient (Wildman–Crippen LogP) is 3.37. The number of rotatable bonds is 5. The van der Waals surface area contributed by atoms with E-state index in [0.717, 1.165) is 0 Å². The summed E-state index contributed by atoms with van der Waals surface area (Å²) in [5, 5.41) is 0. The Bertz CT molecular complexity index is 845. The van der Waals surface area contributed by atoms with Crippen molar-refractivity contribution in [2.45, 2.75) is 36.6 Å². The highest BCUT2D eigenvalue weighted by atomic mass is 32.2. The molecule has 0 atom stereocenters. The average molecular weight is 349 g/mol. The van der Waals surface area contributed by atoms with E-state index in [4.69, 9.17) is 4.74 Å². The van der Waals surface area contributed by atoms with Gasteiger partial charge in [-0.05, 0) is 61.1 Å². The maximum atomic E-state index is 13.8. The molecule has 0 spiro atoms. The number of sulfonamides is 1. The zero-order valence-electron chi connectivity index (χ0n) is 13.6. The summed E-state index contributed by atoms with van der Waals surface area (Å²) >= 11 is 0. The summed E-state index contributed by atoms with van der Waals surface area (Å²) in [5.41, 5.74) is 1.29. The lowest BCUT2D eigenvalue weighted by Crippen LogP contribution is -2.43. The van der Waals surface area contributed by atoms with Crippen LogP contribution >= 0.6 is 0 Å². The Morgan fingerprint density at radius 2 is 1.88 bits per heavy atom. The van der Waals surface area contributed by atoms with E-state index in [-0.39, 0.29) is 22.7 Å². The zero-order chi connectivity index (χ0) is 17.3. The van der Waals surface area contributed by atoms with Crippen LogP contribution in [0.1, 0.15) is 29.9 Å². The van der Waals surface area contributed by atoms with Gasteiger partial charge in [0, 0.05) is 6.04 Å². The third kappa shape index (κ3) is 3.30. The molecule has 0 aliphatic heterocycles. The summed E-state index contributed by atoms with van der Waals surface area (Å²) in [5.74, 6) is 0.459. The van der Waals surface area contributed by atoms with E-state index >= 15 is 0 Å². The predicted molar refractivity (Wildman–Crippen MR) is 90.2 cm³/mol. The molecular formula is C18H20FNO3S. The molecule has 2 aromatic rings. The van der Waals surface area contributed by atoms with E-state index in [9.17, 15) is 12.8 Å². The molecule has 1 aliphatic rings. The standard InChI is InChI=1S/C18H20FNO3S/c1-12-9-15(23-2)7-8-18(12)24(21,22)20-14-10-13(11-14)16-5-3-4-6-17(16)19/h3-9,13-14,20H,10-11H2,1-2H3. The maximum absolute atomic E-state index is 13.8. The first-order chi connectivity index (χ1) is 11.4. The summed E-state index contributed by atoms with van der Waals surface area (Å²) < 4.78 is 46.7. The molecule has 128 valence electrons. The minimum Gasteiger partial charge on any atom is -0.497 e. The number of methoxy groups -OCH3 is 1. The highest BCUT2D eigenvalue weighted by Gasteiger charge is 2.35. The Balaban J connectivity index is 1.68. The van der Waals surface area contributed by atoms with Crippen LogP contribution in [-0.4, -0.2) is 21.6 Å². The largest absolute Gasteiger partial charge is 0.497 e. The number of aryl methyl sites for hydroxylation is 1. The van der Waals surface area contributed by atoms with Crippen molar-refractivity contribution in [2.24, 2.45) is 0 Å². The van der Waals surface area contributed by atoms with Gasteiger partial charge in [0.15, 0.2) is 0 Å². The normalized spacial score (nSPS) is 20.5. The van der Waals surface area contributed by atoms with Crippen molar-refractivity contribution in [1.29, 1.82) is 0 Å². The topological polar surface area (TPSA) is 55.4 Å². The minimum atomic E-state index is -3.59. The van der Waals surface area contributed by atoms with Crippen molar-refractivity contribution < 1.29 is 17.5 Å². The molecule has 1 aliphatic carbocycles. The molecule has 0 heterocycles. The molecule has 0 radical (unpaired) electrons. The molecule has 6 heteroatoms.